The molecule has 3 N–H and O–H groups in total. The summed E-state index contributed by atoms with van der Waals surface area (Å²) in [6.45, 7) is 10.8. The van der Waals surface area contributed by atoms with Gasteiger partial charge in [0.1, 0.15) is 18.1 Å². The average Bonchev–Trinajstić information content (AvgIpc) is 3.46. The first-order valence-corrected chi connectivity index (χ1v) is 11.7. The Hall–Kier alpha value is -2.63. The van der Waals surface area contributed by atoms with Crippen molar-refractivity contribution < 1.29 is 19.2 Å². The number of likely N-dealkylation sites (N-methyl/N-ethyl adjacent to an activating group) is 1. The lowest BCUT2D eigenvalue weighted by atomic mass is 9.85. The van der Waals surface area contributed by atoms with Crippen molar-refractivity contribution in [1.29, 1.82) is 5.26 Å². The molecule has 1 aliphatic carbocycles. The Balaban J connectivity index is 2.14. The van der Waals surface area contributed by atoms with Gasteiger partial charge in [-0.25, -0.2) is 0 Å². The molecule has 0 aromatic heterocycles. The van der Waals surface area contributed by atoms with E-state index < -0.39 is 29.4 Å². The van der Waals surface area contributed by atoms with Crippen molar-refractivity contribution in [3.05, 3.63) is 0 Å². The molecule has 0 bridgehead atoms. The largest absolute Gasteiger partial charge is 0.351 e. The van der Waals surface area contributed by atoms with Crippen LogP contribution in [-0.4, -0.2) is 59.2 Å². The van der Waals surface area contributed by atoms with E-state index in [1.165, 1.54) is 11.8 Å². The summed E-state index contributed by atoms with van der Waals surface area (Å²) in [6.07, 6.45) is 3.31. The third-order valence-electron chi connectivity index (χ3n) is 6.41. The molecular weight excluding hydrogens is 422 g/mol. The van der Waals surface area contributed by atoms with E-state index in [-0.39, 0.29) is 35.6 Å². The highest BCUT2D eigenvalue weighted by Crippen LogP contribution is 2.35. The van der Waals surface area contributed by atoms with E-state index in [9.17, 15) is 24.4 Å². The minimum Gasteiger partial charge on any atom is -0.351 e. The molecule has 1 heterocycles. The quantitative estimate of drug-likeness (QED) is 0.479. The molecule has 0 unspecified atom stereocenters. The Kier molecular flexibility index (Phi) is 8.15. The Bertz CT molecular complexity index is 822. The Morgan fingerprint density at radius 1 is 1.21 bits per heavy atom. The molecule has 1 saturated heterocycles. The third-order valence-corrected chi connectivity index (χ3v) is 6.41. The standard InChI is InChI=1S/C24H39N5O4/c1-14(30)26-19(23(2,3)4)22(33)29(7)18(10-15-8-9-15)21(32)27-17(13-25)11-16-12-24(5,6)28-20(16)31/h15-19H,8-12H2,1-7H3,(H,26,30)(H,27,32)(H,28,31)/t16-,17+,18+,19-/m1/s1. The number of rotatable bonds is 9. The summed E-state index contributed by atoms with van der Waals surface area (Å²) in [5.41, 5.74) is -0.881. The summed E-state index contributed by atoms with van der Waals surface area (Å²) in [5, 5.41) is 18.0. The van der Waals surface area contributed by atoms with E-state index >= 15 is 0 Å². The predicted octanol–water partition coefficient (Wildman–Crippen LogP) is 1.48. The lowest BCUT2D eigenvalue weighted by Gasteiger charge is -2.36. The molecule has 4 atom stereocenters. The second kappa shape index (κ2) is 10.1. The van der Waals surface area contributed by atoms with Crippen LogP contribution in [0.15, 0.2) is 0 Å². The van der Waals surface area contributed by atoms with Gasteiger partial charge in [0, 0.05) is 25.4 Å². The van der Waals surface area contributed by atoms with E-state index in [4.69, 9.17) is 0 Å². The maximum Gasteiger partial charge on any atom is 0.246 e. The highest BCUT2D eigenvalue weighted by atomic mass is 16.2. The van der Waals surface area contributed by atoms with Crippen LogP contribution in [-0.2, 0) is 19.2 Å². The number of amides is 4. The van der Waals surface area contributed by atoms with Gasteiger partial charge in [-0.2, -0.15) is 5.26 Å². The Morgan fingerprint density at radius 3 is 2.24 bits per heavy atom. The van der Waals surface area contributed by atoms with Crippen molar-refractivity contribution in [2.45, 2.75) is 97.3 Å². The number of nitrogens with one attached hydrogen (secondary N) is 3. The molecule has 1 aliphatic heterocycles. The topological polar surface area (TPSA) is 131 Å². The zero-order valence-electron chi connectivity index (χ0n) is 20.9. The van der Waals surface area contributed by atoms with E-state index in [0.29, 0.717) is 18.8 Å². The zero-order valence-corrected chi connectivity index (χ0v) is 20.9. The highest BCUT2D eigenvalue weighted by molar-refractivity contribution is 5.92. The summed E-state index contributed by atoms with van der Waals surface area (Å²) in [6, 6.07) is -0.274. The molecule has 0 aromatic rings. The summed E-state index contributed by atoms with van der Waals surface area (Å²) in [4.78, 5) is 52.0. The smallest absolute Gasteiger partial charge is 0.246 e. The molecule has 9 nitrogen and oxygen atoms in total. The van der Waals surface area contributed by atoms with Gasteiger partial charge in [0.2, 0.25) is 23.6 Å². The molecule has 184 valence electrons. The summed E-state index contributed by atoms with van der Waals surface area (Å²) in [7, 11) is 1.57. The van der Waals surface area contributed by atoms with Crippen molar-refractivity contribution in [2.75, 3.05) is 7.05 Å². The van der Waals surface area contributed by atoms with Crippen LogP contribution < -0.4 is 16.0 Å². The number of nitrogens with zero attached hydrogens (tertiary/aromatic N) is 2. The fourth-order valence-electron chi connectivity index (χ4n) is 4.40. The summed E-state index contributed by atoms with van der Waals surface area (Å²) >= 11 is 0. The predicted molar refractivity (Wildman–Crippen MR) is 123 cm³/mol. The zero-order chi connectivity index (χ0) is 25.1. The van der Waals surface area contributed by atoms with Gasteiger partial charge in [-0.05, 0) is 44.4 Å². The van der Waals surface area contributed by atoms with E-state index in [1.807, 2.05) is 34.6 Å². The highest BCUT2D eigenvalue weighted by Gasteiger charge is 2.42. The second-order valence-corrected chi connectivity index (χ2v) is 11.3. The molecular formula is C24H39N5O4. The first-order valence-electron chi connectivity index (χ1n) is 11.7. The number of hydrogen-bond acceptors (Lipinski definition) is 5. The van der Waals surface area contributed by atoms with E-state index in [1.54, 1.807) is 7.05 Å². The molecule has 2 aliphatic rings. The molecule has 0 radical (unpaired) electrons. The van der Waals surface area contributed by atoms with Gasteiger partial charge >= 0.3 is 0 Å². The van der Waals surface area contributed by atoms with Crippen LogP contribution in [0.2, 0.25) is 0 Å². The molecule has 0 aromatic carbocycles. The molecule has 33 heavy (non-hydrogen) atoms. The number of hydrogen-bond donors (Lipinski definition) is 3. The van der Waals surface area contributed by atoms with Crippen LogP contribution in [0.1, 0.15) is 73.6 Å². The monoisotopic (exact) mass is 461 g/mol. The van der Waals surface area contributed by atoms with Gasteiger partial charge in [-0.15, -0.1) is 0 Å². The fourth-order valence-corrected chi connectivity index (χ4v) is 4.40. The average molecular weight is 462 g/mol. The van der Waals surface area contributed by atoms with E-state index in [2.05, 4.69) is 22.0 Å². The van der Waals surface area contributed by atoms with E-state index in [0.717, 1.165) is 12.8 Å². The van der Waals surface area contributed by atoms with Crippen LogP contribution in [0.3, 0.4) is 0 Å². The minimum absolute atomic E-state index is 0.111. The molecule has 9 heteroatoms. The second-order valence-electron chi connectivity index (χ2n) is 11.3. The van der Waals surface area contributed by atoms with Crippen LogP contribution in [0.4, 0.5) is 0 Å². The number of carbonyl (C=O) groups excluding carboxylic acids is 4. The molecule has 1 saturated carbocycles. The van der Waals surface area contributed by atoms with Crippen molar-refractivity contribution >= 4 is 23.6 Å². The third kappa shape index (κ3) is 7.44. The van der Waals surface area contributed by atoms with Crippen molar-refractivity contribution in [2.24, 2.45) is 17.3 Å². The minimum atomic E-state index is -0.832. The van der Waals surface area contributed by atoms with Gasteiger partial charge in [0.05, 0.1) is 6.07 Å². The molecule has 4 amide bonds. The molecule has 2 rings (SSSR count). The van der Waals surface area contributed by atoms with Crippen LogP contribution in [0.5, 0.6) is 0 Å². The SMILES string of the molecule is CC(=O)N[C@H](C(=O)N(C)[C@@H](CC1CC1)C(=O)N[C@H](C#N)C[C@@H]1CC(C)(C)NC1=O)C(C)(C)C. The van der Waals surface area contributed by atoms with Crippen molar-refractivity contribution in [1.82, 2.24) is 20.9 Å². The van der Waals surface area contributed by atoms with Gasteiger partial charge in [0.25, 0.3) is 0 Å². The van der Waals surface area contributed by atoms with Crippen molar-refractivity contribution in [3.63, 3.8) is 0 Å². The van der Waals surface area contributed by atoms with Crippen LogP contribution in [0, 0.1) is 28.6 Å². The molecule has 0 spiro atoms. The lowest BCUT2D eigenvalue weighted by molar-refractivity contribution is -0.144. The van der Waals surface area contributed by atoms with Gasteiger partial charge < -0.3 is 20.9 Å². The fraction of sp³-hybridized carbons (Fsp3) is 0.792. The maximum absolute atomic E-state index is 13.3. The van der Waals surface area contributed by atoms with Gasteiger partial charge in [0.15, 0.2) is 0 Å². The Labute approximate surface area is 197 Å². The Morgan fingerprint density at radius 2 is 1.82 bits per heavy atom. The lowest BCUT2D eigenvalue weighted by Crippen LogP contribution is -2.58. The number of carbonyl (C=O) groups is 4. The molecule has 2 fully saturated rings. The summed E-state index contributed by atoms with van der Waals surface area (Å²) in [5.74, 6) is -1.17. The van der Waals surface area contributed by atoms with Gasteiger partial charge in [-0.3, -0.25) is 19.2 Å². The number of nitriles is 1. The van der Waals surface area contributed by atoms with Gasteiger partial charge in [-0.1, -0.05) is 33.6 Å². The summed E-state index contributed by atoms with van der Waals surface area (Å²) < 4.78 is 0. The normalized spacial score (nSPS) is 22.4. The van der Waals surface area contributed by atoms with Crippen LogP contribution >= 0.6 is 0 Å². The first-order chi connectivity index (χ1) is 15.1. The maximum atomic E-state index is 13.3. The first kappa shape index (κ1) is 26.6. The van der Waals surface area contributed by atoms with Crippen LogP contribution in [0.25, 0.3) is 0 Å². The van der Waals surface area contributed by atoms with Crippen molar-refractivity contribution in [3.8, 4) is 6.07 Å².